The van der Waals surface area contributed by atoms with Gasteiger partial charge in [0.05, 0.1) is 7.11 Å². The van der Waals surface area contributed by atoms with Crippen LogP contribution in [0.4, 0.5) is 0 Å². The summed E-state index contributed by atoms with van der Waals surface area (Å²) in [6.45, 7) is 2.27. The fraction of sp³-hybridized carbons (Fsp3) is 0.500. The highest BCUT2D eigenvalue weighted by atomic mass is 32.2. The Bertz CT molecular complexity index is 788. The number of fused-ring (bicyclic) bond motifs is 2. The molecule has 1 heterocycles. The van der Waals surface area contributed by atoms with Crippen LogP contribution in [-0.4, -0.2) is 37.9 Å². The molecule has 2 aromatic carbocycles. The lowest BCUT2D eigenvalue weighted by Gasteiger charge is -2.30. The van der Waals surface area contributed by atoms with Gasteiger partial charge < -0.3 is 9.64 Å². The molecule has 27 heavy (non-hydrogen) atoms. The van der Waals surface area contributed by atoms with Crippen molar-refractivity contribution in [3.63, 3.8) is 0 Å². The number of ether oxygens (including phenoxy) is 1. The summed E-state index contributed by atoms with van der Waals surface area (Å²) in [6, 6.07) is 13.8. The van der Waals surface area contributed by atoms with Gasteiger partial charge in [-0.05, 0) is 84.7 Å². The molecule has 0 amide bonds. The van der Waals surface area contributed by atoms with Gasteiger partial charge in [0, 0.05) is 18.8 Å². The summed E-state index contributed by atoms with van der Waals surface area (Å²) in [6.07, 6.45) is 6.11. The molecule has 1 unspecified atom stereocenters. The molecule has 2 aromatic rings. The van der Waals surface area contributed by atoms with Gasteiger partial charge in [-0.25, -0.2) is 0 Å². The van der Waals surface area contributed by atoms with Gasteiger partial charge in [0.2, 0.25) is 0 Å². The van der Waals surface area contributed by atoms with Gasteiger partial charge >= 0.3 is 0 Å². The van der Waals surface area contributed by atoms with Gasteiger partial charge in [-0.15, -0.1) is 0 Å². The van der Waals surface area contributed by atoms with Gasteiger partial charge in [0.15, 0.2) is 0 Å². The zero-order valence-corrected chi connectivity index (χ0v) is 17.5. The van der Waals surface area contributed by atoms with E-state index in [4.69, 9.17) is 4.74 Å². The molecular formula is C24H31NOS. The van der Waals surface area contributed by atoms with E-state index in [2.05, 4.69) is 60.1 Å². The zero-order valence-electron chi connectivity index (χ0n) is 16.7. The average molecular weight is 382 g/mol. The maximum atomic E-state index is 5.60. The van der Waals surface area contributed by atoms with Crippen molar-refractivity contribution in [1.82, 2.24) is 4.90 Å². The van der Waals surface area contributed by atoms with E-state index in [1.807, 2.05) is 0 Å². The second kappa shape index (κ2) is 8.70. The van der Waals surface area contributed by atoms with E-state index in [0.717, 1.165) is 31.7 Å². The van der Waals surface area contributed by atoms with E-state index in [-0.39, 0.29) is 0 Å². The Balaban J connectivity index is 1.37. The second-order valence-corrected chi connectivity index (χ2v) is 9.14. The molecule has 1 aliphatic carbocycles. The Kier molecular flexibility index (Phi) is 6.09. The maximum absolute atomic E-state index is 5.60. The lowest BCUT2D eigenvalue weighted by molar-refractivity contribution is 0.299. The number of hydrogen-bond donors (Lipinski definition) is 0. The molecular weight excluding hydrogens is 350 g/mol. The molecule has 4 rings (SSSR count). The van der Waals surface area contributed by atoms with Crippen molar-refractivity contribution in [3.8, 4) is 5.75 Å². The lowest BCUT2D eigenvalue weighted by atomic mass is 9.82. The van der Waals surface area contributed by atoms with Crippen LogP contribution in [0.5, 0.6) is 5.75 Å². The van der Waals surface area contributed by atoms with Crippen molar-refractivity contribution >= 4 is 11.8 Å². The van der Waals surface area contributed by atoms with Crippen molar-refractivity contribution in [2.45, 2.75) is 43.8 Å². The van der Waals surface area contributed by atoms with Gasteiger partial charge in [-0.3, -0.25) is 0 Å². The monoisotopic (exact) mass is 381 g/mol. The molecule has 0 bridgehead atoms. The van der Waals surface area contributed by atoms with Crippen LogP contribution in [0.3, 0.4) is 0 Å². The number of aryl methyl sites for hydroxylation is 1. The van der Waals surface area contributed by atoms with E-state index in [1.54, 1.807) is 18.2 Å². The summed E-state index contributed by atoms with van der Waals surface area (Å²) < 4.78 is 5.60. The largest absolute Gasteiger partial charge is 0.496 e. The van der Waals surface area contributed by atoms with E-state index < -0.39 is 0 Å². The Morgan fingerprint density at radius 2 is 2.07 bits per heavy atom. The topological polar surface area (TPSA) is 12.5 Å². The molecule has 0 spiro atoms. The van der Waals surface area contributed by atoms with Crippen LogP contribution >= 0.6 is 11.8 Å². The molecule has 0 saturated heterocycles. The predicted octanol–water partition coefficient (Wildman–Crippen LogP) is 5.08. The fourth-order valence-electron chi connectivity index (χ4n) is 4.65. The molecule has 0 N–H and O–H groups in total. The number of likely N-dealkylation sites (N-methyl/N-ethyl adjacent to an activating group) is 1. The Morgan fingerprint density at radius 1 is 1.15 bits per heavy atom. The van der Waals surface area contributed by atoms with Crippen LogP contribution < -0.4 is 4.74 Å². The number of hydrogen-bond acceptors (Lipinski definition) is 3. The Morgan fingerprint density at radius 3 is 2.96 bits per heavy atom. The highest BCUT2D eigenvalue weighted by Gasteiger charge is 2.23. The molecule has 1 atom stereocenters. The first-order valence-electron chi connectivity index (χ1n) is 10.3. The SMILES string of the molecule is COc1cccc2c1CCCC2CN(C)CCc1ccc2c(c1)CCSC2. The number of benzene rings is 2. The minimum Gasteiger partial charge on any atom is -0.496 e. The quantitative estimate of drug-likeness (QED) is 0.692. The molecule has 0 radical (unpaired) electrons. The Labute approximate surface area is 168 Å². The van der Waals surface area contributed by atoms with Crippen molar-refractivity contribution in [3.05, 3.63) is 64.2 Å². The van der Waals surface area contributed by atoms with Crippen LogP contribution in [0.25, 0.3) is 0 Å². The van der Waals surface area contributed by atoms with E-state index in [0.29, 0.717) is 5.92 Å². The highest BCUT2D eigenvalue weighted by molar-refractivity contribution is 7.98. The molecule has 144 valence electrons. The summed E-state index contributed by atoms with van der Waals surface area (Å²) in [4.78, 5) is 2.52. The molecule has 0 fully saturated rings. The number of rotatable bonds is 6. The number of thioether (sulfide) groups is 1. The summed E-state index contributed by atoms with van der Waals surface area (Å²) in [5.41, 5.74) is 7.59. The first-order valence-corrected chi connectivity index (χ1v) is 11.4. The first-order chi connectivity index (χ1) is 13.2. The van der Waals surface area contributed by atoms with Crippen LogP contribution in [0.2, 0.25) is 0 Å². The van der Waals surface area contributed by atoms with Crippen LogP contribution in [0, 0.1) is 0 Å². The van der Waals surface area contributed by atoms with Crippen LogP contribution in [0.15, 0.2) is 36.4 Å². The standard InChI is InChI=1S/C24H31NOS/c1-25(13-11-18-9-10-21-17-27-14-12-19(21)15-18)16-20-5-3-7-23-22(20)6-4-8-24(23)26-2/h4,6,8-10,15,20H,3,5,7,11-14,16-17H2,1-2H3. The second-order valence-electron chi connectivity index (χ2n) is 8.04. The zero-order chi connectivity index (χ0) is 18.6. The van der Waals surface area contributed by atoms with Gasteiger partial charge in [-0.1, -0.05) is 30.3 Å². The van der Waals surface area contributed by atoms with E-state index in [9.17, 15) is 0 Å². The first kappa shape index (κ1) is 18.9. The smallest absolute Gasteiger partial charge is 0.122 e. The van der Waals surface area contributed by atoms with Gasteiger partial charge in [0.1, 0.15) is 5.75 Å². The van der Waals surface area contributed by atoms with Crippen molar-refractivity contribution in [2.75, 3.05) is 33.0 Å². The fourth-order valence-corrected chi connectivity index (χ4v) is 5.66. The third-order valence-corrected chi connectivity index (χ3v) is 7.17. The van der Waals surface area contributed by atoms with Crippen LogP contribution in [0.1, 0.15) is 46.6 Å². The van der Waals surface area contributed by atoms with Crippen LogP contribution in [-0.2, 0) is 25.0 Å². The molecule has 0 aromatic heterocycles. The number of methoxy groups -OCH3 is 1. The summed E-state index contributed by atoms with van der Waals surface area (Å²) >= 11 is 2.06. The van der Waals surface area contributed by atoms with E-state index >= 15 is 0 Å². The third-order valence-electron chi connectivity index (χ3n) is 6.17. The molecule has 0 saturated carbocycles. The Hall–Kier alpha value is -1.45. The highest BCUT2D eigenvalue weighted by Crippen LogP contribution is 2.37. The molecule has 3 heteroatoms. The minimum atomic E-state index is 0.634. The summed E-state index contributed by atoms with van der Waals surface area (Å²) in [5, 5.41) is 0. The number of nitrogens with zero attached hydrogens (tertiary/aromatic N) is 1. The maximum Gasteiger partial charge on any atom is 0.122 e. The molecule has 1 aliphatic heterocycles. The predicted molar refractivity (Wildman–Crippen MR) is 116 cm³/mol. The van der Waals surface area contributed by atoms with Crippen molar-refractivity contribution in [1.29, 1.82) is 0 Å². The third kappa shape index (κ3) is 4.35. The van der Waals surface area contributed by atoms with Crippen molar-refractivity contribution in [2.24, 2.45) is 0 Å². The van der Waals surface area contributed by atoms with E-state index in [1.165, 1.54) is 47.5 Å². The summed E-state index contributed by atoms with van der Waals surface area (Å²) in [7, 11) is 4.08. The minimum absolute atomic E-state index is 0.634. The normalized spacial score (nSPS) is 18.9. The molecule has 2 aliphatic rings. The molecule has 2 nitrogen and oxygen atoms in total. The average Bonchev–Trinajstić information content (AvgIpc) is 2.72. The van der Waals surface area contributed by atoms with Gasteiger partial charge in [0.25, 0.3) is 0 Å². The van der Waals surface area contributed by atoms with Gasteiger partial charge in [-0.2, -0.15) is 11.8 Å². The van der Waals surface area contributed by atoms with Crippen molar-refractivity contribution < 1.29 is 4.74 Å². The lowest BCUT2D eigenvalue weighted by Crippen LogP contribution is -2.28. The summed E-state index contributed by atoms with van der Waals surface area (Å²) in [5.74, 6) is 4.18.